The van der Waals surface area contributed by atoms with Crippen molar-refractivity contribution in [2.75, 3.05) is 12.5 Å². The molecule has 1 heterocycles. The Hall–Kier alpha value is -2.67. The molecular formula is C21H23NO5S. The van der Waals surface area contributed by atoms with E-state index < -0.39 is 6.10 Å². The second-order valence-electron chi connectivity index (χ2n) is 6.45. The number of benzene rings is 2. The number of esters is 1. The number of hydrogen-bond acceptors (Lipinski definition) is 6. The van der Waals surface area contributed by atoms with Crippen molar-refractivity contribution in [1.82, 2.24) is 5.32 Å². The first-order valence-electron chi connectivity index (χ1n) is 9.06. The number of hydrogen-bond donors (Lipinski definition) is 1. The van der Waals surface area contributed by atoms with Crippen molar-refractivity contribution in [3.8, 4) is 11.5 Å². The van der Waals surface area contributed by atoms with Crippen molar-refractivity contribution >= 4 is 23.6 Å². The van der Waals surface area contributed by atoms with Gasteiger partial charge in [-0.2, -0.15) is 0 Å². The molecule has 3 rings (SSSR count). The summed E-state index contributed by atoms with van der Waals surface area (Å²) in [5, 5.41) is 2.76. The van der Waals surface area contributed by atoms with E-state index in [4.69, 9.17) is 14.2 Å². The fraction of sp³-hybridized carbons (Fsp3) is 0.333. The number of rotatable bonds is 8. The fourth-order valence-corrected chi connectivity index (χ4v) is 3.41. The Morgan fingerprint density at radius 2 is 1.89 bits per heavy atom. The largest absolute Gasteiger partial charge is 0.454 e. The van der Waals surface area contributed by atoms with E-state index >= 15 is 0 Å². The number of amides is 1. The van der Waals surface area contributed by atoms with Crippen molar-refractivity contribution < 1.29 is 23.8 Å². The molecule has 0 aromatic heterocycles. The molecular weight excluding hydrogens is 378 g/mol. The number of nitrogens with one attached hydrogen (secondary N) is 1. The highest BCUT2D eigenvalue weighted by atomic mass is 32.2. The van der Waals surface area contributed by atoms with Gasteiger partial charge in [0.25, 0.3) is 5.91 Å². The maximum atomic E-state index is 12.2. The Kier molecular flexibility index (Phi) is 6.81. The minimum atomic E-state index is -0.842. The smallest absolute Gasteiger partial charge is 0.307 e. The van der Waals surface area contributed by atoms with Crippen LogP contribution in [0.5, 0.6) is 11.5 Å². The lowest BCUT2D eigenvalue weighted by atomic mass is 10.2. The number of ether oxygens (including phenoxy) is 3. The van der Waals surface area contributed by atoms with Gasteiger partial charge >= 0.3 is 5.97 Å². The van der Waals surface area contributed by atoms with Gasteiger partial charge < -0.3 is 19.5 Å². The summed E-state index contributed by atoms with van der Waals surface area (Å²) in [7, 11) is 0. The minimum Gasteiger partial charge on any atom is -0.454 e. The van der Waals surface area contributed by atoms with Crippen LogP contribution < -0.4 is 14.8 Å². The summed E-state index contributed by atoms with van der Waals surface area (Å²) in [6.07, 6.45) is -0.593. The minimum absolute atomic E-state index is 0.209. The molecule has 2 aromatic carbocycles. The van der Waals surface area contributed by atoms with Crippen molar-refractivity contribution in [2.24, 2.45) is 0 Å². The van der Waals surface area contributed by atoms with Crippen LogP contribution in [-0.4, -0.2) is 30.5 Å². The van der Waals surface area contributed by atoms with Crippen LogP contribution in [0.2, 0.25) is 0 Å². The van der Waals surface area contributed by atoms with Gasteiger partial charge in [0.05, 0.1) is 6.42 Å². The van der Waals surface area contributed by atoms with E-state index in [1.54, 1.807) is 24.8 Å². The zero-order chi connectivity index (χ0) is 19.9. The predicted octanol–water partition coefficient (Wildman–Crippen LogP) is 3.45. The zero-order valence-electron chi connectivity index (χ0n) is 15.9. The van der Waals surface area contributed by atoms with Crippen LogP contribution in [0.3, 0.4) is 0 Å². The SMILES string of the molecule is Cc1ccc(SCCC(=O)O[C@@H](C)C(=O)NCc2ccc3c(c2)OCO3)cc1. The highest BCUT2D eigenvalue weighted by Gasteiger charge is 2.18. The van der Waals surface area contributed by atoms with E-state index in [0.29, 0.717) is 23.8 Å². The quantitative estimate of drug-likeness (QED) is 0.539. The Morgan fingerprint density at radius 3 is 2.68 bits per heavy atom. The van der Waals surface area contributed by atoms with Crippen LogP contribution in [0, 0.1) is 6.92 Å². The predicted molar refractivity (Wildman–Crippen MR) is 106 cm³/mol. The van der Waals surface area contributed by atoms with Crippen LogP contribution in [-0.2, 0) is 20.9 Å². The number of thioether (sulfide) groups is 1. The van der Waals surface area contributed by atoms with Gasteiger partial charge in [-0.15, -0.1) is 11.8 Å². The van der Waals surface area contributed by atoms with E-state index in [0.717, 1.165) is 10.5 Å². The van der Waals surface area contributed by atoms with E-state index in [2.05, 4.69) is 5.32 Å². The number of carbonyl (C=O) groups is 2. The highest BCUT2D eigenvalue weighted by molar-refractivity contribution is 7.99. The van der Waals surface area contributed by atoms with E-state index in [9.17, 15) is 9.59 Å². The summed E-state index contributed by atoms with van der Waals surface area (Å²) in [5.74, 6) is 1.24. The molecule has 0 saturated carbocycles. The third-order valence-electron chi connectivity index (χ3n) is 4.18. The summed E-state index contributed by atoms with van der Waals surface area (Å²) in [6.45, 7) is 4.13. The second-order valence-corrected chi connectivity index (χ2v) is 7.62. The molecule has 1 aliphatic heterocycles. The van der Waals surface area contributed by atoms with Gasteiger partial charge in [0.15, 0.2) is 17.6 Å². The summed E-state index contributed by atoms with van der Waals surface area (Å²) in [4.78, 5) is 25.2. The molecule has 0 fully saturated rings. The standard InChI is InChI=1S/C21H23NO5S/c1-14-3-6-17(7-4-14)28-10-9-20(23)27-15(2)21(24)22-12-16-5-8-18-19(11-16)26-13-25-18/h3-8,11,15H,9-10,12-13H2,1-2H3,(H,22,24)/t15-/m0/s1. The lowest BCUT2D eigenvalue weighted by Crippen LogP contribution is -2.35. The topological polar surface area (TPSA) is 73.9 Å². The molecule has 6 nitrogen and oxygen atoms in total. The van der Waals surface area contributed by atoms with Crippen molar-refractivity contribution in [3.05, 3.63) is 53.6 Å². The van der Waals surface area contributed by atoms with Gasteiger partial charge in [0, 0.05) is 17.2 Å². The van der Waals surface area contributed by atoms with Crippen molar-refractivity contribution in [2.45, 2.75) is 37.8 Å². The highest BCUT2D eigenvalue weighted by Crippen LogP contribution is 2.32. The first-order chi connectivity index (χ1) is 13.5. The van der Waals surface area contributed by atoms with Crippen LogP contribution in [0.15, 0.2) is 47.4 Å². The van der Waals surface area contributed by atoms with Crippen LogP contribution in [0.1, 0.15) is 24.5 Å². The molecule has 28 heavy (non-hydrogen) atoms. The van der Waals surface area contributed by atoms with Crippen LogP contribution in [0.25, 0.3) is 0 Å². The van der Waals surface area contributed by atoms with Crippen molar-refractivity contribution in [3.63, 3.8) is 0 Å². The normalized spacial score (nSPS) is 13.1. The third kappa shape index (κ3) is 5.66. The Balaban J connectivity index is 1.37. The first kappa shape index (κ1) is 20.1. The molecule has 0 aliphatic carbocycles. The molecule has 0 bridgehead atoms. The van der Waals surface area contributed by atoms with E-state index in [1.807, 2.05) is 43.3 Å². The number of fused-ring (bicyclic) bond motifs is 1. The lowest BCUT2D eigenvalue weighted by Gasteiger charge is -2.13. The molecule has 148 valence electrons. The average molecular weight is 401 g/mol. The average Bonchev–Trinajstić information content (AvgIpc) is 3.15. The van der Waals surface area contributed by atoms with E-state index in [1.165, 1.54) is 5.56 Å². The van der Waals surface area contributed by atoms with Crippen LogP contribution >= 0.6 is 11.8 Å². The number of carbonyl (C=O) groups excluding carboxylic acids is 2. The Bertz CT molecular complexity index is 837. The molecule has 2 aromatic rings. The Labute approximate surface area is 168 Å². The molecule has 0 spiro atoms. The summed E-state index contributed by atoms with van der Waals surface area (Å²) >= 11 is 1.59. The second kappa shape index (κ2) is 9.50. The monoisotopic (exact) mass is 401 g/mol. The summed E-state index contributed by atoms with van der Waals surface area (Å²) in [6, 6.07) is 13.6. The molecule has 1 amide bonds. The third-order valence-corrected chi connectivity index (χ3v) is 5.19. The molecule has 0 saturated heterocycles. The number of aryl methyl sites for hydroxylation is 1. The van der Waals surface area contributed by atoms with Gasteiger partial charge in [-0.25, -0.2) is 0 Å². The van der Waals surface area contributed by atoms with Gasteiger partial charge in [-0.05, 0) is 43.7 Å². The van der Waals surface area contributed by atoms with E-state index in [-0.39, 0.29) is 25.1 Å². The van der Waals surface area contributed by atoms with Gasteiger partial charge in [-0.1, -0.05) is 23.8 Å². The molecule has 0 radical (unpaired) electrons. The molecule has 1 aliphatic rings. The summed E-state index contributed by atoms with van der Waals surface area (Å²) < 4.78 is 15.8. The lowest BCUT2D eigenvalue weighted by molar-refractivity contribution is -0.154. The van der Waals surface area contributed by atoms with Crippen LogP contribution in [0.4, 0.5) is 0 Å². The Morgan fingerprint density at radius 1 is 1.14 bits per heavy atom. The first-order valence-corrected chi connectivity index (χ1v) is 10.0. The zero-order valence-corrected chi connectivity index (χ0v) is 16.7. The summed E-state index contributed by atoms with van der Waals surface area (Å²) in [5.41, 5.74) is 2.08. The van der Waals surface area contributed by atoms with Gasteiger partial charge in [-0.3, -0.25) is 9.59 Å². The fourth-order valence-electron chi connectivity index (χ4n) is 2.58. The molecule has 1 atom stereocenters. The molecule has 7 heteroatoms. The van der Waals surface area contributed by atoms with Crippen molar-refractivity contribution in [1.29, 1.82) is 0 Å². The van der Waals surface area contributed by atoms with Gasteiger partial charge in [0.1, 0.15) is 0 Å². The molecule has 1 N–H and O–H groups in total. The maximum Gasteiger partial charge on any atom is 0.307 e. The maximum absolute atomic E-state index is 12.2. The molecule has 0 unspecified atom stereocenters. The van der Waals surface area contributed by atoms with Gasteiger partial charge in [0.2, 0.25) is 6.79 Å².